The van der Waals surface area contributed by atoms with E-state index in [1.54, 1.807) is 16.7 Å². The molecule has 6 nitrogen and oxygen atoms in total. The molecule has 4 rings (SSSR count). The number of amides is 1. The molecule has 0 aliphatic carbocycles. The second kappa shape index (κ2) is 9.45. The lowest BCUT2D eigenvalue weighted by Crippen LogP contribution is -2.26. The van der Waals surface area contributed by atoms with Crippen LogP contribution < -0.4 is 10.9 Å². The van der Waals surface area contributed by atoms with Crippen LogP contribution in [-0.4, -0.2) is 25.8 Å². The van der Waals surface area contributed by atoms with Crippen molar-refractivity contribution in [2.75, 3.05) is 11.1 Å². The summed E-state index contributed by atoms with van der Waals surface area (Å²) in [4.78, 5) is 31.0. The van der Waals surface area contributed by atoms with E-state index >= 15 is 0 Å². The number of thioether (sulfide) groups is 1. The van der Waals surface area contributed by atoms with Crippen molar-refractivity contribution in [2.24, 2.45) is 7.05 Å². The maximum Gasteiger partial charge on any atom is 0.278 e. The van der Waals surface area contributed by atoms with E-state index < -0.39 is 0 Å². The van der Waals surface area contributed by atoms with Crippen molar-refractivity contribution in [3.63, 3.8) is 0 Å². The van der Waals surface area contributed by atoms with E-state index in [1.165, 1.54) is 11.8 Å². The minimum absolute atomic E-state index is 0.106. The lowest BCUT2D eigenvalue weighted by atomic mass is 10.1. The highest BCUT2D eigenvalue weighted by Crippen LogP contribution is 2.30. The number of fused-ring (bicyclic) bond motifs is 1. The van der Waals surface area contributed by atoms with Crippen LogP contribution in [-0.2, 0) is 11.8 Å². The molecule has 2 heterocycles. The number of benzene rings is 2. The fraction of sp³-hybridized carbons (Fsp3) is 0.240. The SMILES string of the molecule is Cc1c(Cl)cccc1NC(=O)CSc1nc2c(-c3ccccc3)cn(C)c2c(=O)n1C(C)C. The van der Waals surface area contributed by atoms with Crippen molar-refractivity contribution in [3.05, 3.63) is 75.7 Å². The van der Waals surface area contributed by atoms with Crippen LogP contribution in [0.3, 0.4) is 0 Å². The molecule has 4 aromatic rings. The Bertz CT molecular complexity index is 1390. The van der Waals surface area contributed by atoms with Gasteiger partial charge in [-0.05, 0) is 44.0 Å². The van der Waals surface area contributed by atoms with Crippen LogP contribution in [0, 0.1) is 6.92 Å². The average molecular weight is 481 g/mol. The van der Waals surface area contributed by atoms with Gasteiger partial charge in [0.15, 0.2) is 5.16 Å². The number of carbonyl (C=O) groups excluding carboxylic acids is 1. The van der Waals surface area contributed by atoms with Crippen molar-refractivity contribution in [1.82, 2.24) is 14.1 Å². The molecule has 0 spiro atoms. The molecule has 0 unspecified atom stereocenters. The van der Waals surface area contributed by atoms with Gasteiger partial charge in [-0.2, -0.15) is 0 Å². The molecule has 8 heteroatoms. The quantitative estimate of drug-likeness (QED) is 0.285. The highest BCUT2D eigenvalue weighted by Gasteiger charge is 2.20. The highest BCUT2D eigenvalue weighted by atomic mass is 35.5. The first-order valence-corrected chi connectivity index (χ1v) is 12.0. The second-order valence-electron chi connectivity index (χ2n) is 8.13. The first-order chi connectivity index (χ1) is 15.8. The van der Waals surface area contributed by atoms with E-state index in [9.17, 15) is 9.59 Å². The molecule has 0 atom stereocenters. The molecule has 0 aliphatic heterocycles. The fourth-order valence-corrected chi connectivity index (χ4v) is 4.87. The van der Waals surface area contributed by atoms with Gasteiger partial charge in [-0.1, -0.05) is 59.8 Å². The minimum atomic E-state index is -0.189. The first kappa shape index (κ1) is 23.1. The van der Waals surface area contributed by atoms with Crippen molar-refractivity contribution in [2.45, 2.75) is 32.0 Å². The summed E-state index contributed by atoms with van der Waals surface area (Å²) < 4.78 is 3.48. The summed E-state index contributed by atoms with van der Waals surface area (Å²) in [7, 11) is 1.86. The molecule has 0 aliphatic rings. The summed E-state index contributed by atoms with van der Waals surface area (Å²) in [5, 5.41) is 4.01. The zero-order valence-corrected chi connectivity index (χ0v) is 20.5. The molecule has 2 aromatic carbocycles. The van der Waals surface area contributed by atoms with Crippen LogP contribution in [0.1, 0.15) is 25.5 Å². The van der Waals surface area contributed by atoms with Crippen LogP contribution in [0.2, 0.25) is 5.02 Å². The number of hydrogen-bond acceptors (Lipinski definition) is 4. The summed E-state index contributed by atoms with van der Waals surface area (Å²) in [6.07, 6.45) is 1.93. The summed E-state index contributed by atoms with van der Waals surface area (Å²) in [5.74, 6) is -0.0734. The van der Waals surface area contributed by atoms with Crippen molar-refractivity contribution >= 4 is 46.0 Å². The standard InChI is InChI=1S/C25H25ClN4O2S/c1-15(2)30-24(32)23-22(18(13-29(23)4)17-9-6-5-7-10-17)28-25(30)33-14-21(31)27-20-12-8-11-19(26)16(20)3/h5-13,15H,14H2,1-4H3,(H,27,31). The van der Waals surface area contributed by atoms with Gasteiger partial charge < -0.3 is 9.88 Å². The van der Waals surface area contributed by atoms with Gasteiger partial charge in [0.2, 0.25) is 5.91 Å². The smallest absolute Gasteiger partial charge is 0.278 e. The molecule has 1 N–H and O–H groups in total. The van der Waals surface area contributed by atoms with Gasteiger partial charge in [-0.3, -0.25) is 14.2 Å². The zero-order chi connectivity index (χ0) is 23.7. The first-order valence-electron chi connectivity index (χ1n) is 10.6. The number of anilines is 1. The third-order valence-corrected chi connectivity index (χ3v) is 6.83. The van der Waals surface area contributed by atoms with Gasteiger partial charge in [0.1, 0.15) is 11.0 Å². The molecule has 0 saturated heterocycles. The Morgan fingerprint density at radius 2 is 1.88 bits per heavy atom. The largest absolute Gasteiger partial charge is 0.344 e. The molecular weight excluding hydrogens is 456 g/mol. The Kier molecular flexibility index (Phi) is 6.63. The van der Waals surface area contributed by atoms with Crippen LogP contribution in [0.25, 0.3) is 22.2 Å². The highest BCUT2D eigenvalue weighted by molar-refractivity contribution is 7.99. The summed E-state index contributed by atoms with van der Waals surface area (Å²) >= 11 is 7.41. The van der Waals surface area contributed by atoms with Crippen molar-refractivity contribution in [3.8, 4) is 11.1 Å². The fourth-order valence-electron chi connectivity index (χ4n) is 3.78. The number of hydrogen-bond donors (Lipinski definition) is 1. The molecule has 2 aromatic heterocycles. The molecule has 0 fully saturated rings. The monoisotopic (exact) mass is 480 g/mol. The van der Waals surface area contributed by atoms with Gasteiger partial charge in [0, 0.05) is 35.6 Å². The Labute approximate surface area is 201 Å². The molecule has 0 radical (unpaired) electrons. The van der Waals surface area contributed by atoms with Crippen molar-refractivity contribution in [1.29, 1.82) is 0 Å². The Morgan fingerprint density at radius 3 is 2.58 bits per heavy atom. The van der Waals surface area contributed by atoms with Crippen molar-refractivity contribution < 1.29 is 4.79 Å². The Morgan fingerprint density at radius 1 is 1.15 bits per heavy atom. The summed E-state index contributed by atoms with van der Waals surface area (Å²) in [6, 6.07) is 15.2. The van der Waals surface area contributed by atoms with Gasteiger partial charge >= 0.3 is 0 Å². The number of aryl methyl sites for hydroxylation is 1. The molecule has 33 heavy (non-hydrogen) atoms. The maximum atomic E-state index is 13.4. The topological polar surface area (TPSA) is 68.9 Å². The average Bonchev–Trinajstić information content (AvgIpc) is 3.12. The zero-order valence-electron chi connectivity index (χ0n) is 18.9. The predicted molar refractivity (Wildman–Crippen MR) is 136 cm³/mol. The predicted octanol–water partition coefficient (Wildman–Crippen LogP) is 5.68. The number of rotatable bonds is 6. The second-order valence-corrected chi connectivity index (χ2v) is 9.48. The number of nitrogens with zero attached hydrogens (tertiary/aromatic N) is 3. The summed E-state index contributed by atoms with van der Waals surface area (Å²) in [5.41, 5.74) is 4.43. The van der Waals surface area contributed by atoms with E-state index in [2.05, 4.69) is 5.32 Å². The molecule has 1 amide bonds. The number of aromatic nitrogens is 3. The molecule has 0 bridgehead atoms. The lowest BCUT2D eigenvalue weighted by Gasteiger charge is -2.16. The molecule has 170 valence electrons. The number of carbonyl (C=O) groups is 1. The lowest BCUT2D eigenvalue weighted by molar-refractivity contribution is -0.113. The third kappa shape index (κ3) is 4.56. The third-order valence-electron chi connectivity index (χ3n) is 5.47. The van der Waals surface area contributed by atoms with E-state index in [0.29, 0.717) is 26.9 Å². The number of halogens is 1. The van der Waals surface area contributed by atoms with Gasteiger partial charge in [0.05, 0.1) is 5.75 Å². The van der Waals surface area contributed by atoms with Crippen LogP contribution in [0.15, 0.2) is 64.7 Å². The van der Waals surface area contributed by atoms with E-state index in [0.717, 1.165) is 16.7 Å². The van der Waals surface area contributed by atoms with Gasteiger partial charge in [-0.15, -0.1) is 0 Å². The van der Waals surface area contributed by atoms with Gasteiger partial charge in [0.25, 0.3) is 5.56 Å². The normalized spacial score (nSPS) is 11.3. The van der Waals surface area contributed by atoms with Crippen LogP contribution >= 0.6 is 23.4 Å². The molecule has 0 saturated carbocycles. The van der Waals surface area contributed by atoms with Gasteiger partial charge in [-0.25, -0.2) is 4.98 Å². The van der Waals surface area contributed by atoms with E-state index in [4.69, 9.17) is 16.6 Å². The Hall–Kier alpha value is -3.03. The van der Waals surface area contributed by atoms with E-state index in [-0.39, 0.29) is 23.3 Å². The minimum Gasteiger partial charge on any atom is -0.344 e. The maximum absolute atomic E-state index is 13.4. The van der Waals surface area contributed by atoms with E-state index in [1.807, 2.05) is 75.0 Å². The van der Waals surface area contributed by atoms with Crippen LogP contribution in [0.5, 0.6) is 0 Å². The molecular formula is C25H25ClN4O2S. The number of nitrogens with one attached hydrogen (secondary N) is 1. The van der Waals surface area contributed by atoms with Crippen LogP contribution in [0.4, 0.5) is 5.69 Å². The Balaban J connectivity index is 1.70. The summed E-state index contributed by atoms with van der Waals surface area (Å²) in [6.45, 7) is 5.74.